The molecule has 0 radical (unpaired) electrons. The van der Waals surface area contributed by atoms with Crippen molar-refractivity contribution in [3.05, 3.63) is 182 Å². The number of para-hydroxylation sites is 1. The lowest BCUT2D eigenvalue weighted by molar-refractivity contribution is 1.07. The highest BCUT2D eigenvalue weighted by molar-refractivity contribution is 6.15. The molecule has 7 aromatic carbocycles. The van der Waals surface area contributed by atoms with E-state index in [9.17, 15) is 0 Å². The molecule has 0 aliphatic carbocycles. The Kier molecular flexibility index (Phi) is 6.09. The van der Waals surface area contributed by atoms with Gasteiger partial charge in [-0.25, -0.2) is 15.0 Å². The molecule has 230 valence electrons. The van der Waals surface area contributed by atoms with Gasteiger partial charge >= 0.3 is 0 Å². The van der Waals surface area contributed by atoms with E-state index in [-0.39, 0.29) is 24.2 Å². The van der Waals surface area contributed by atoms with Crippen LogP contribution in [-0.4, -0.2) is 19.5 Å². The van der Waals surface area contributed by atoms with Crippen LogP contribution in [0.5, 0.6) is 0 Å². The zero-order chi connectivity index (χ0) is 36.1. The number of rotatable bonds is 6. The molecular formula is C45H30N4. The van der Waals surface area contributed by atoms with Crippen LogP contribution in [-0.2, 0) is 0 Å². The zero-order valence-electron chi connectivity index (χ0n) is 30.3. The molecule has 0 aliphatic rings. The van der Waals surface area contributed by atoms with Gasteiger partial charge in [0.25, 0.3) is 0 Å². The second-order valence-corrected chi connectivity index (χ2v) is 11.8. The molecular weight excluding hydrogens is 597 g/mol. The Morgan fingerprint density at radius 2 is 0.918 bits per heavy atom. The third kappa shape index (κ3) is 5.26. The van der Waals surface area contributed by atoms with E-state index in [0.717, 1.165) is 49.8 Å². The van der Waals surface area contributed by atoms with E-state index in [1.54, 1.807) is 0 Å². The average Bonchev–Trinajstić information content (AvgIpc) is 3.59. The fourth-order valence-electron chi connectivity index (χ4n) is 6.47. The molecule has 9 aromatic rings. The van der Waals surface area contributed by atoms with Gasteiger partial charge in [0.05, 0.1) is 16.5 Å². The molecule has 4 heteroatoms. The molecule has 2 heterocycles. The topological polar surface area (TPSA) is 43.6 Å². The van der Waals surface area contributed by atoms with Crippen molar-refractivity contribution in [1.82, 2.24) is 19.5 Å². The maximum atomic E-state index is 9.17. The minimum Gasteiger partial charge on any atom is -0.309 e. The molecule has 0 spiro atoms. The Balaban J connectivity index is 1.26. The number of nitrogens with zero attached hydrogens (tertiary/aromatic N) is 4. The number of benzene rings is 7. The van der Waals surface area contributed by atoms with Gasteiger partial charge in [-0.15, -0.1) is 0 Å². The second kappa shape index (κ2) is 12.2. The highest BCUT2D eigenvalue weighted by Gasteiger charge is 2.18. The Morgan fingerprint density at radius 3 is 1.57 bits per heavy atom. The molecule has 0 amide bonds. The van der Waals surface area contributed by atoms with E-state index in [0.29, 0.717) is 34.1 Å². The third-order valence-electron chi connectivity index (χ3n) is 8.79. The fourth-order valence-corrected chi connectivity index (χ4v) is 6.47. The van der Waals surface area contributed by atoms with Gasteiger partial charge in [0.2, 0.25) is 0 Å². The highest BCUT2D eigenvalue weighted by atomic mass is 15.0. The standard InChI is InChI=1S/C45H30N4/c1-4-14-31(15-5-1)32-26-28-33(29-27-32)38-23-13-25-41-42(38)39-22-10-11-24-40(39)49(41)37-21-12-20-36(30-37)45-47-43(34-16-6-2-7-17-34)46-44(48-45)35-18-8-3-9-19-35/h1-30H/i10D,11D,22D,24D. The Bertz CT molecular complexity index is 2750. The number of hydrogen-bond donors (Lipinski definition) is 0. The molecule has 0 atom stereocenters. The zero-order valence-corrected chi connectivity index (χ0v) is 26.3. The molecule has 2 aromatic heterocycles. The van der Waals surface area contributed by atoms with E-state index >= 15 is 0 Å². The molecule has 0 aliphatic heterocycles. The molecule has 4 nitrogen and oxygen atoms in total. The largest absolute Gasteiger partial charge is 0.309 e. The van der Waals surface area contributed by atoms with Gasteiger partial charge in [-0.2, -0.15) is 0 Å². The third-order valence-corrected chi connectivity index (χ3v) is 8.79. The van der Waals surface area contributed by atoms with Crippen LogP contribution in [0.2, 0.25) is 0 Å². The number of hydrogen-bond acceptors (Lipinski definition) is 3. The van der Waals surface area contributed by atoms with Gasteiger partial charge in [0.1, 0.15) is 0 Å². The summed E-state index contributed by atoms with van der Waals surface area (Å²) in [4.78, 5) is 14.7. The maximum absolute atomic E-state index is 9.17. The summed E-state index contributed by atoms with van der Waals surface area (Å²) in [5, 5.41) is 1.22. The Labute approximate surface area is 290 Å². The first-order valence-corrected chi connectivity index (χ1v) is 16.1. The lowest BCUT2D eigenvalue weighted by Crippen LogP contribution is -2.01. The van der Waals surface area contributed by atoms with E-state index in [1.807, 2.05) is 126 Å². The van der Waals surface area contributed by atoms with Crippen LogP contribution in [0, 0.1) is 0 Å². The molecule has 9 rings (SSSR count). The monoisotopic (exact) mass is 630 g/mol. The van der Waals surface area contributed by atoms with E-state index < -0.39 is 0 Å². The van der Waals surface area contributed by atoms with Crippen molar-refractivity contribution >= 4 is 21.8 Å². The van der Waals surface area contributed by atoms with Crippen LogP contribution in [0.15, 0.2) is 182 Å². The number of fused-ring (bicyclic) bond motifs is 3. The van der Waals surface area contributed by atoms with Crippen molar-refractivity contribution in [2.24, 2.45) is 0 Å². The Hall–Kier alpha value is -6.65. The smallest absolute Gasteiger partial charge is 0.164 e. The predicted molar refractivity (Wildman–Crippen MR) is 201 cm³/mol. The molecule has 0 saturated carbocycles. The van der Waals surface area contributed by atoms with E-state index in [1.165, 1.54) is 0 Å². The molecule has 0 fully saturated rings. The first kappa shape index (κ1) is 24.5. The van der Waals surface area contributed by atoms with Crippen molar-refractivity contribution in [2.75, 3.05) is 0 Å². The van der Waals surface area contributed by atoms with E-state index in [4.69, 9.17) is 20.4 Å². The maximum Gasteiger partial charge on any atom is 0.164 e. The average molecular weight is 631 g/mol. The fraction of sp³-hybridized carbons (Fsp3) is 0. The van der Waals surface area contributed by atoms with Crippen LogP contribution >= 0.6 is 0 Å². The molecule has 49 heavy (non-hydrogen) atoms. The van der Waals surface area contributed by atoms with Gasteiger partial charge in [-0.05, 0) is 46.5 Å². The predicted octanol–water partition coefficient (Wildman–Crippen LogP) is 11.3. The van der Waals surface area contributed by atoms with Crippen molar-refractivity contribution in [1.29, 1.82) is 0 Å². The molecule has 0 bridgehead atoms. The van der Waals surface area contributed by atoms with Crippen LogP contribution in [0.3, 0.4) is 0 Å². The van der Waals surface area contributed by atoms with Crippen molar-refractivity contribution in [3.63, 3.8) is 0 Å². The van der Waals surface area contributed by atoms with Gasteiger partial charge in [-0.1, -0.05) is 158 Å². The van der Waals surface area contributed by atoms with Gasteiger partial charge < -0.3 is 4.57 Å². The Morgan fingerprint density at radius 1 is 0.408 bits per heavy atom. The summed E-state index contributed by atoms with van der Waals surface area (Å²) >= 11 is 0. The van der Waals surface area contributed by atoms with Crippen LogP contribution < -0.4 is 0 Å². The van der Waals surface area contributed by atoms with Gasteiger partial charge in [0.15, 0.2) is 17.5 Å². The summed E-state index contributed by atoms with van der Waals surface area (Å²) in [7, 11) is 0. The normalized spacial score (nSPS) is 12.4. The quantitative estimate of drug-likeness (QED) is 0.184. The van der Waals surface area contributed by atoms with E-state index in [2.05, 4.69) is 36.4 Å². The first-order valence-electron chi connectivity index (χ1n) is 18.1. The summed E-state index contributed by atoms with van der Waals surface area (Å²) in [6, 6.07) is 51.2. The SMILES string of the molecule is [2H]c1c([2H])c([2H])c2c(c1[2H])c1c(-c3ccc(-c4ccccc4)cc3)cccc1n2-c1cccc(-c2nc(-c3ccccc3)nc(-c3ccccc3)n2)c1. The summed E-state index contributed by atoms with van der Waals surface area (Å²) in [5.41, 5.74) is 8.39. The molecule has 0 N–H and O–H groups in total. The lowest BCUT2D eigenvalue weighted by atomic mass is 9.97. The first-order chi connectivity index (χ1) is 26.0. The van der Waals surface area contributed by atoms with Gasteiger partial charge in [0, 0.05) is 33.2 Å². The van der Waals surface area contributed by atoms with Crippen LogP contribution in [0.4, 0.5) is 0 Å². The lowest BCUT2D eigenvalue weighted by Gasteiger charge is -2.12. The minimum absolute atomic E-state index is 0.0771. The van der Waals surface area contributed by atoms with Crippen LogP contribution in [0.25, 0.3) is 83.9 Å². The molecule has 0 unspecified atom stereocenters. The van der Waals surface area contributed by atoms with Gasteiger partial charge in [-0.3, -0.25) is 0 Å². The van der Waals surface area contributed by atoms with Crippen molar-refractivity contribution < 1.29 is 5.48 Å². The summed E-state index contributed by atoms with van der Waals surface area (Å²) in [6.45, 7) is 0. The molecule has 0 saturated heterocycles. The summed E-state index contributed by atoms with van der Waals surface area (Å²) < 4.78 is 37.6. The highest BCUT2D eigenvalue weighted by Crippen LogP contribution is 2.39. The van der Waals surface area contributed by atoms with Crippen molar-refractivity contribution in [2.45, 2.75) is 0 Å². The minimum atomic E-state index is -0.283. The van der Waals surface area contributed by atoms with Crippen LogP contribution in [0.1, 0.15) is 5.48 Å². The number of aromatic nitrogens is 4. The second-order valence-electron chi connectivity index (χ2n) is 11.8. The van der Waals surface area contributed by atoms with Crippen molar-refractivity contribution in [3.8, 4) is 62.1 Å². The summed E-state index contributed by atoms with van der Waals surface area (Å²) in [5.74, 6) is 1.59. The summed E-state index contributed by atoms with van der Waals surface area (Å²) in [6.07, 6.45) is 0.